The van der Waals surface area contributed by atoms with Gasteiger partial charge in [0.2, 0.25) is 0 Å². The average molecular weight is 450 g/mol. The summed E-state index contributed by atoms with van der Waals surface area (Å²) in [6.45, 7) is 1.02. The molecule has 0 atom stereocenters. The number of halogens is 3. The Morgan fingerprint density at radius 1 is 0.968 bits per heavy atom. The van der Waals surface area contributed by atoms with Crippen molar-refractivity contribution in [3.05, 3.63) is 83.7 Å². The van der Waals surface area contributed by atoms with Gasteiger partial charge in [-0.05, 0) is 67.1 Å². The lowest BCUT2D eigenvalue weighted by molar-refractivity contribution is -0.118. The molecule has 3 rings (SSSR count). The van der Waals surface area contributed by atoms with E-state index in [9.17, 15) is 26.4 Å². The van der Waals surface area contributed by atoms with Gasteiger partial charge in [0.05, 0.1) is 4.90 Å². The molecular formula is C21H17F3N2O4S. The van der Waals surface area contributed by atoms with Gasteiger partial charge in [-0.25, -0.2) is 21.6 Å². The molecule has 0 aromatic heterocycles. The van der Waals surface area contributed by atoms with Gasteiger partial charge in [-0.3, -0.25) is 9.52 Å². The monoisotopic (exact) mass is 450 g/mol. The standard InChI is InChI=1S/C21H17F3N2O4S/c1-13-11-16(31(28,29)26-15-7-5-14(22)6-8-15)9-10-19(13)30-12-20(27)25-21-17(23)3-2-4-18(21)24/h2-11,26H,12H2,1H3,(H,25,27). The Morgan fingerprint density at radius 3 is 2.23 bits per heavy atom. The van der Waals surface area contributed by atoms with Crippen LogP contribution < -0.4 is 14.8 Å². The van der Waals surface area contributed by atoms with Gasteiger partial charge in [0, 0.05) is 5.69 Å². The van der Waals surface area contributed by atoms with Crippen molar-refractivity contribution in [2.75, 3.05) is 16.6 Å². The molecule has 0 heterocycles. The number of amides is 1. The van der Waals surface area contributed by atoms with Crippen LogP contribution in [0.5, 0.6) is 5.75 Å². The summed E-state index contributed by atoms with van der Waals surface area (Å²) in [6.07, 6.45) is 0. The number of carbonyl (C=O) groups excluding carboxylic acids is 1. The van der Waals surface area contributed by atoms with Crippen LogP contribution >= 0.6 is 0 Å². The highest BCUT2D eigenvalue weighted by Crippen LogP contribution is 2.24. The molecule has 0 fully saturated rings. The molecule has 0 aliphatic carbocycles. The maximum absolute atomic E-state index is 13.6. The van der Waals surface area contributed by atoms with Gasteiger partial charge in [0.25, 0.3) is 15.9 Å². The summed E-state index contributed by atoms with van der Waals surface area (Å²) >= 11 is 0. The summed E-state index contributed by atoms with van der Waals surface area (Å²) in [5.41, 5.74) is 0.0180. The lowest BCUT2D eigenvalue weighted by Gasteiger charge is -2.13. The van der Waals surface area contributed by atoms with E-state index in [-0.39, 0.29) is 16.3 Å². The number of rotatable bonds is 7. The smallest absolute Gasteiger partial charge is 0.262 e. The van der Waals surface area contributed by atoms with Crippen molar-refractivity contribution < 1.29 is 31.1 Å². The number of aryl methyl sites for hydroxylation is 1. The van der Waals surface area contributed by atoms with Crippen molar-refractivity contribution in [1.82, 2.24) is 0 Å². The Hall–Kier alpha value is -3.53. The highest BCUT2D eigenvalue weighted by molar-refractivity contribution is 7.92. The summed E-state index contributed by atoms with van der Waals surface area (Å²) in [5.74, 6) is -2.93. The fourth-order valence-corrected chi connectivity index (χ4v) is 3.76. The predicted octanol–water partition coefficient (Wildman–Crippen LogP) is 4.23. The van der Waals surface area contributed by atoms with Crippen LogP contribution in [-0.2, 0) is 14.8 Å². The zero-order valence-corrected chi connectivity index (χ0v) is 17.0. The maximum atomic E-state index is 13.6. The van der Waals surface area contributed by atoms with Crippen molar-refractivity contribution in [2.45, 2.75) is 11.8 Å². The van der Waals surface area contributed by atoms with Gasteiger partial charge in [0.1, 0.15) is 28.9 Å². The van der Waals surface area contributed by atoms with E-state index in [1.807, 2.05) is 0 Å². The summed E-state index contributed by atoms with van der Waals surface area (Å²) < 4.78 is 72.8. The van der Waals surface area contributed by atoms with Crippen LogP contribution in [0.4, 0.5) is 24.5 Å². The zero-order valence-electron chi connectivity index (χ0n) is 16.2. The molecule has 2 N–H and O–H groups in total. The average Bonchev–Trinajstić information content (AvgIpc) is 2.71. The molecule has 0 saturated carbocycles. The second-order valence-corrected chi connectivity index (χ2v) is 8.16. The lowest BCUT2D eigenvalue weighted by atomic mass is 10.2. The third kappa shape index (κ3) is 5.54. The molecule has 3 aromatic rings. The molecule has 0 aliphatic heterocycles. The van der Waals surface area contributed by atoms with E-state index in [0.717, 1.165) is 24.3 Å². The lowest BCUT2D eigenvalue weighted by Crippen LogP contribution is -2.22. The second kappa shape index (κ2) is 9.09. The first-order valence-corrected chi connectivity index (χ1v) is 10.4. The van der Waals surface area contributed by atoms with Gasteiger partial charge >= 0.3 is 0 Å². The van der Waals surface area contributed by atoms with Crippen LogP contribution in [0, 0.1) is 24.4 Å². The van der Waals surface area contributed by atoms with E-state index in [2.05, 4.69) is 10.0 Å². The molecule has 0 aliphatic rings. The van der Waals surface area contributed by atoms with Crippen LogP contribution in [0.2, 0.25) is 0 Å². The van der Waals surface area contributed by atoms with E-state index in [1.54, 1.807) is 6.92 Å². The number of ether oxygens (including phenoxy) is 1. The first-order chi connectivity index (χ1) is 14.7. The predicted molar refractivity (Wildman–Crippen MR) is 109 cm³/mol. The first kappa shape index (κ1) is 22.2. The van der Waals surface area contributed by atoms with E-state index in [0.29, 0.717) is 5.56 Å². The quantitative estimate of drug-likeness (QED) is 0.564. The number of hydrogen-bond donors (Lipinski definition) is 2. The molecule has 0 spiro atoms. The largest absolute Gasteiger partial charge is 0.483 e. The number of para-hydroxylation sites is 1. The van der Waals surface area contributed by atoms with Crippen molar-refractivity contribution in [2.24, 2.45) is 0 Å². The first-order valence-electron chi connectivity index (χ1n) is 8.91. The molecular weight excluding hydrogens is 433 g/mol. The molecule has 3 aromatic carbocycles. The summed E-state index contributed by atoms with van der Waals surface area (Å²) in [4.78, 5) is 11.9. The number of hydrogen-bond acceptors (Lipinski definition) is 4. The second-order valence-electron chi connectivity index (χ2n) is 6.47. The number of anilines is 2. The van der Waals surface area contributed by atoms with Crippen LogP contribution in [0.1, 0.15) is 5.56 Å². The Kier molecular flexibility index (Phi) is 6.50. The topological polar surface area (TPSA) is 84.5 Å². The normalized spacial score (nSPS) is 11.1. The Bertz CT molecular complexity index is 1200. The fourth-order valence-electron chi connectivity index (χ4n) is 2.62. The molecule has 6 nitrogen and oxygen atoms in total. The van der Waals surface area contributed by atoms with Gasteiger partial charge < -0.3 is 10.1 Å². The molecule has 162 valence electrons. The minimum absolute atomic E-state index is 0.0699. The zero-order chi connectivity index (χ0) is 22.6. The Balaban J connectivity index is 1.66. The van der Waals surface area contributed by atoms with Crippen molar-refractivity contribution >= 4 is 27.3 Å². The maximum Gasteiger partial charge on any atom is 0.262 e. The molecule has 0 bridgehead atoms. The van der Waals surface area contributed by atoms with Crippen molar-refractivity contribution in [3.63, 3.8) is 0 Å². The SMILES string of the molecule is Cc1cc(S(=O)(=O)Nc2ccc(F)cc2)ccc1OCC(=O)Nc1c(F)cccc1F. The van der Waals surface area contributed by atoms with Crippen LogP contribution in [-0.4, -0.2) is 20.9 Å². The fraction of sp³-hybridized carbons (Fsp3) is 0.0952. The van der Waals surface area contributed by atoms with Crippen molar-refractivity contribution in [3.8, 4) is 5.75 Å². The third-order valence-corrected chi connectivity index (χ3v) is 5.52. The summed E-state index contributed by atoms with van der Waals surface area (Å²) in [5, 5.41) is 2.09. The highest BCUT2D eigenvalue weighted by Gasteiger charge is 2.17. The van der Waals surface area contributed by atoms with Gasteiger partial charge in [-0.2, -0.15) is 0 Å². The van der Waals surface area contributed by atoms with Gasteiger partial charge in [-0.15, -0.1) is 0 Å². The number of sulfonamides is 1. The number of benzene rings is 3. The van der Waals surface area contributed by atoms with Crippen molar-refractivity contribution in [1.29, 1.82) is 0 Å². The molecule has 10 heteroatoms. The Morgan fingerprint density at radius 2 is 1.61 bits per heavy atom. The van der Waals surface area contributed by atoms with Gasteiger partial charge in [-0.1, -0.05) is 6.07 Å². The molecule has 0 unspecified atom stereocenters. The molecule has 0 radical (unpaired) electrons. The summed E-state index contributed by atoms with van der Waals surface area (Å²) in [6, 6.07) is 11.9. The molecule has 1 amide bonds. The van der Waals surface area contributed by atoms with E-state index < -0.39 is 45.7 Å². The van der Waals surface area contributed by atoms with E-state index in [4.69, 9.17) is 4.74 Å². The highest BCUT2D eigenvalue weighted by atomic mass is 32.2. The minimum atomic E-state index is -3.94. The van der Waals surface area contributed by atoms with E-state index in [1.165, 1.54) is 36.4 Å². The minimum Gasteiger partial charge on any atom is -0.483 e. The number of nitrogens with one attached hydrogen (secondary N) is 2. The Labute approximate surface area is 176 Å². The van der Waals surface area contributed by atoms with Crippen LogP contribution in [0.15, 0.2) is 65.6 Å². The molecule has 31 heavy (non-hydrogen) atoms. The summed E-state index contributed by atoms with van der Waals surface area (Å²) in [7, 11) is -3.94. The third-order valence-electron chi connectivity index (χ3n) is 4.14. The van der Waals surface area contributed by atoms with Gasteiger partial charge in [0.15, 0.2) is 6.61 Å². The van der Waals surface area contributed by atoms with E-state index >= 15 is 0 Å². The number of carbonyl (C=O) groups is 1. The van der Waals surface area contributed by atoms with Crippen LogP contribution in [0.25, 0.3) is 0 Å². The molecule has 0 saturated heterocycles. The van der Waals surface area contributed by atoms with Crippen LogP contribution in [0.3, 0.4) is 0 Å².